The van der Waals surface area contributed by atoms with Crippen LogP contribution in [0.15, 0.2) is 24.3 Å². The van der Waals surface area contributed by atoms with Crippen LogP contribution in [0.1, 0.15) is 37.4 Å². The molecule has 1 aliphatic heterocycles. The first-order chi connectivity index (χ1) is 10.6. The smallest absolute Gasteiger partial charge is 0.227 e. The van der Waals surface area contributed by atoms with Gasteiger partial charge in [-0.3, -0.25) is 4.79 Å². The summed E-state index contributed by atoms with van der Waals surface area (Å²) in [5.74, 6) is 0.0408. The highest BCUT2D eigenvalue weighted by Crippen LogP contribution is 2.43. The van der Waals surface area contributed by atoms with Gasteiger partial charge in [-0.15, -0.1) is 12.4 Å². The standard InChI is InChI=1S/C17H23FN2O2.ClH/c18-14-6-3-4-12(8-14)15(21)10-20-16(22)17-7-2-1-5-13(17)9-19-11-17;/h3-4,6,8,13,15,19,21H,1-2,5,7,9-11H2,(H,20,22);1H/t13-,15?,17+;/m0./s1. The minimum atomic E-state index is -0.882. The van der Waals surface area contributed by atoms with E-state index < -0.39 is 6.10 Å². The largest absolute Gasteiger partial charge is 0.387 e. The lowest BCUT2D eigenvalue weighted by atomic mass is 9.67. The molecular weight excluding hydrogens is 319 g/mol. The number of aliphatic hydroxyl groups excluding tert-OH is 1. The number of hydrogen-bond donors (Lipinski definition) is 3. The maximum absolute atomic E-state index is 13.2. The second-order valence-corrected chi connectivity index (χ2v) is 6.51. The summed E-state index contributed by atoms with van der Waals surface area (Å²) in [5.41, 5.74) is 0.169. The number of amides is 1. The van der Waals surface area contributed by atoms with Crippen LogP contribution in [-0.2, 0) is 4.79 Å². The zero-order valence-electron chi connectivity index (χ0n) is 13.1. The third-order valence-corrected chi connectivity index (χ3v) is 5.18. The van der Waals surface area contributed by atoms with Crippen LogP contribution >= 0.6 is 12.4 Å². The Hall–Kier alpha value is -1.17. The number of benzene rings is 1. The second-order valence-electron chi connectivity index (χ2n) is 6.51. The Balaban J connectivity index is 0.00000192. The number of halogens is 2. The van der Waals surface area contributed by atoms with Crippen LogP contribution in [0.5, 0.6) is 0 Å². The molecule has 128 valence electrons. The number of carbonyl (C=O) groups is 1. The van der Waals surface area contributed by atoms with E-state index in [-0.39, 0.29) is 36.1 Å². The van der Waals surface area contributed by atoms with Crippen molar-refractivity contribution in [3.63, 3.8) is 0 Å². The average molecular weight is 343 g/mol. The summed E-state index contributed by atoms with van der Waals surface area (Å²) in [6.45, 7) is 1.75. The van der Waals surface area contributed by atoms with Gasteiger partial charge in [-0.2, -0.15) is 0 Å². The van der Waals surface area contributed by atoms with Gasteiger partial charge in [0.05, 0.1) is 11.5 Å². The number of aliphatic hydroxyl groups is 1. The summed E-state index contributed by atoms with van der Waals surface area (Å²) in [5, 5.41) is 16.4. The van der Waals surface area contributed by atoms with Gasteiger partial charge in [-0.05, 0) is 43.0 Å². The lowest BCUT2D eigenvalue weighted by Crippen LogP contribution is -2.48. The van der Waals surface area contributed by atoms with Crippen molar-refractivity contribution in [2.45, 2.75) is 31.8 Å². The zero-order chi connectivity index (χ0) is 15.6. The highest BCUT2D eigenvalue weighted by molar-refractivity contribution is 5.85. The fourth-order valence-electron chi connectivity index (χ4n) is 3.89. The summed E-state index contributed by atoms with van der Waals surface area (Å²) < 4.78 is 13.2. The molecule has 3 rings (SSSR count). The summed E-state index contributed by atoms with van der Waals surface area (Å²) in [4.78, 5) is 12.7. The molecule has 0 radical (unpaired) electrons. The van der Waals surface area contributed by atoms with Crippen LogP contribution in [0.2, 0.25) is 0 Å². The first-order valence-electron chi connectivity index (χ1n) is 8.04. The van der Waals surface area contributed by atoms with E-state index in [1.54, 1.807) is 12.1 Å². The molecule has 0 aromatic heterocycles. The molecule has 1 aliphatic carbocycles. The molecular formula is C17H24ClFN2O2. The van der Waals surface area contributed by atoms with Crippen LogP contribution in [-0.4, -0.2) is 30.6 Å². The average Bonchev–Trinajstić information content (AvgIpc) is 2.97. The Morgan fingerprint density at radius 2 is 2.30 bits per heavy atom. The quantitative estimate of drug-likeness (QED) is 0.786. The lowest BCUT2D eigenvalue weighted by molar-refractivity contribution is -0.134. The van der Waals surface area contributed by atoms with Gasteiger partial charge in [0.2, 0.25) is 5.91 Å². The van der Waals surface area contributed by atoms with Gasteiger partial charge in [0.25, 0.3) is 0 Å². The van der Waals surface area contributed by atoms with Crippen molar-refractivity contribution in [2.24, 2.45) is 11.3 Å². The molecule has 1 saturated carbocycles. The number of nitrogens with one attached hydrogen (secondary N) is 2. The third kappa shape index (κ3) is 3.67. The second kappa shape index (κ2) is 7.60. The molecule has 0 bridgehead atoms. The molecule has 3 N–H and O–H groups in total. The summed E-state index contributed by atoms with van der Waals surface area (Å²) in [6.07, 6.45) is 3.39. The van der Waals surface area contributed by atoms with Crippen molar-refractivity contribution >= 4 is 18.3 Å². The minimum Gasteiger partial charge on any atom is -0.387 e. The fourth-order valence-corrected chi connectivity index (χ4v) is 3.89. The van der Waals surface area contributed by atoms with Crippen LogP contribution < -0.4 is 10.6 Å². The van der Waals surface area contributed by atoms with Gasteiger partial charge in [-0.25, -0.2) is 4.39 Å². The predicted molar refractivity (Wildman–Crippen MR) is 88.9 cm³/mol. The molecule has 6 heteroatoms. The normalized spacial score (nSPS) is 27.7. The van der Waals surface area contributed by atoms with Crippen LogP contribution in [0.3, 0.4) is 0 Å². The van der Waals surface area contributed by atoms with Crippen molar-refractivity contribution in [3.05, 3.63) is 35.6 Å². The van der Waals surface area contributed by atoms with Crippen molar-refractivity contribution in [3.8, 4) is 0 Å². The molecule has 2 aliphatic rings. The third-order valence-electron chi connectivity index (χ3n) is 5.18. The monoisotopic (exact) mass is 342 g/mol. The van der Waals surface area contributed by atoms with Gasteiger partial charge in [0, 0.05) is 13.1 Å². The van der Waals surface area contributed by atoms with Gasteiger partial charge in [0.1, 0.15) is 5.82 Å². The van der Waals surface area contributed by atoms with E-state index in [2.05, 4.69) is 10.6 Å². The highest BCUT2D eigenvalue weighted by atomic mass is 35.5. The molecule has 1 saturated heterocycles. The molecule has 1 aromatic rings. The molecule has 0 spiro atoms. The maximum Gasteiger partial charge on any atom is 0.227 e. The van der Waals surface area contributed by atoms with E-state index in [0.29, 0.717) is 11.5 Å². The predicted octanol–water partition coefficient (Wildman–Crippen LogP) is 2.18. The summed E-state index contributed by atoms with van der Waals surface area (Å²) in [7, 11) is 0. The first kappa shape index (κ1) is 18.2. The number of rotatable bonds is 4. The van der Waals surface area contributed by atoms with E-state index in [1.807, 2.05) is 0 Å². The lowest BCUT2D eigenvalue weighted by Gasteiger charge is -2.37. The highest BCUT2D eigenvalue weighted by Gasteiger charge is 2.49. The van der Waals surface area contributed by atoms with Crippen molar-refractivity contribution < 1.29 is 14.3 Å². The molecule has 23 heavy (non-hydrogen) atoms. The van der Waals surface area contributed by atoms with E-state index >= 15 is 0 Å². The number of hydrogen-bond acceptors (Lipinski definition) is 3. The molecule has 1 heterocycles. The zero-order valence-corrected chi connectivity index (χ0v) is 13.9. The van der Waals surface area contributed by atoms with E-state index in [9.17, 15) is 14.3 Å². The minimum absolute atomic E-state index is 0. The molecule has 1 aromatic carbocycles. The van der Waals surface area contributed by atoms with Gasteiger partial charge < -0.3 is 15.7 Å². The molecule has 1 unspecified atom stereocenters. The first-order valence-corrected chi connectivity index (χ1v) is 8.04. The van der Waals surface area contributed by atoms with Crippen molar-refractivity contribution in [2.75, 3.05) is 19.6 Å². The molecule has 3 atom stereocenters. The van der Waals surface area contributed by atoms with E-state index in [0.717, 1.165) is 32.4 Å². The van der Waals surface area contributed by atoms with Crippen LogP contribution in [0, 0.1) is 17.2 Å². The van der Waals surface area contributed by atoms with E-state index in [1.165, 1.54) is 18.6 Å². The number of fused-ring (bicyclic) bond motifs is 1. The van der Waals surface area contributed by atoms with Gasteiger partial charge >= 0.3 is 0 Å². The molecule has 2 fully saturated rings. The molecule has 4 nitrogen and oxygen atoms in total. The maximum atomic E-state index is 13.2. The Morgan fingerprint density at radius 1 is 1.48 bits per heavy atom. The topological polar surface area (TPSA) is 61.4 Å². The van der Waals surface area contributed by atoms with Crippen molar-refractivity contribution in [1.29, 1.82) is 0 Å². The van der Waals surface area contributed by atoms with Crippen LogP contribution in [0.25, 0.3) is 0 Å². The Kier molecular flexibility index (Phi) is 6.00. The Labute approximate surface area is 142 Å². The molecule has 1 amide bonds. The van der Waals surface area contributed by atoms with Crippen LogP contribution in [0.4, 0.5) is 4.39 Å². The summed E-state index contributed by atoms with van der Waals surface area (Å²) in [6, 6.07) is 5.87. The van der Waals surface area contributed by atoms with E-state index in [4.69, 9.17) is 0 Å². The SMILES string of the molecule is Cl.O=C(NCC(O)c1cccc(F)c1)[C@@]12CCCC[C@H]1CNC2. The Bertz CT molecular complexity index is 557. The Morgan fingerprint density at radius 3 is 3.09 bits per heavy atom. The van der Waals surface area contributed by atoms with Gasteiger partial charge in [-0.1, -0.05) is 25.0 Å². The fraction of sp³-hybridized carbons (Fsp3) is 0.588. The number of carbonyl (C=O) groups excluding carboxylic acids is 1. The van der Waals surface area contributed by atoms with Crippen molar-refractivity contribution in [1.82, 2.24) is 10.6 Å². The van der Waals surface area contributed by atoms with Gasteiger partial charge in [0.15, 0.2) is 0 Å². The summed E-state index contributed by atoms with van der Waals surface area (Å²) >= 11 is 0.